The van der Waals surface area contributed by atoms with Gasteiger partial charge in [-0.05, 0) is 13.1 Å². The van der Waals surface area contributed by atoms with Gasteiger partial charge in [0.1, 0.15) is 0 Å². The zero-order valence-corrected chi connectivity index (χ0v) is 7.97. The average molecular weight is 176 g/mol. The summed E-state index contributed by atoms with van der Waals surface area (Å²) in [5, 5.41) is 14.9. The first kappa shape index (κ1) is 11.8. The van der Waals surface area contributed by atoms with Crippen molar-refractivity contribution in [2.24, 2.45) is 0 Å². The Balaban J connectivity index is 3.34. The van der Waals surface area contributed by atoms with Crippen LogP contribution in [0.5, 0.6) is 0 Å². The summed E-state index contributed by atoms with van der Waals surface area (Å²) in [6.07, 6.45) is 0.201. The van der Waals surface area contributed by atoms with Crippen molar-refractivity contribution in [3.8, 4) is 0 Å². The smallest absolute Gasteiger partial charge is 0.0813 e. The van der Waals surface area contributed by atoms with Gasteiger partial charge in [0.2, 0.25) is 0 Å². The first-order chi connectivity index (χ1) is 5.85. The molecule has 0 unspecified atom stereocenters. The summed E-state index contributed by atoms with van der Waals surface area (Å²) in [6.45, 7) is 7.04. The molecule has 0 bridgehead atoms. The Labute approximate surface area is 74.3 Å². The minimum Gasteiger partial charge on any atom is -0.394 e. The highest BCUT2D eigenvalue weighted by Crippen LogP contribution is 1.81. The van der Waals surface area contributed by atoms with Gasteiger partial charge in [-0.25, -0.2) is 0 Å². The van der Waals surface area contributed by atoms with Crippen molar-refractivity contribution in [2.45, 2.75) is 20.0 Å². The molecule has 0 aromatic carbocycles. The van der Waals surface area contributed by atoms with E-state index in [0.29, 0.717) is 13.2 Å². The van der Waals surface area contributed by atoms with E-state index in [9.17, 15) is 0 Å². The molecular formula is C8H20N2O2. The van der Waals surface area contributed by atoms with Crippen LogP contribution in [0.3, 0.4) is 0 Å². The van der Waals surface area contributed by atoms with Crippen molar-refractivity contribution >= 4 is 0 Å². The zero-order chi connectivity index (χ0) is 9.23. The number of aliphatic hydroxyl groups is 1. The van der Waals surface area contributed by atoms with Crippen LogP contribution in [-0.4, -0.2) is 44.2 Å². The van der Waals surface area contributed by atoms with Crippen LogP contribution in [0.15, 0.2) is 0 Å². The number of ether oxygens (including phenoxy) is 1. The lowest BCUT2D eigenvalue weighted by Gasteiger charge is -2.18. The van der Waals surface area contributed by atoms with Crippen LogP contribution in [0.4, 0.5) is 0 Å². The van der Waals surface area contributed by atoms with Crippen molar-refractivity contribution in [3.63, 3.8) is 0 Å². The van der Waals surface area contributed by atoms with Crippen LogP contribution < -0.4 is 10.6 Å². The molecule has 74 valence electrons. The maximum Gasteiger partial charge on any atom is 0.0813 e. The highest BCUT2D eigenvalue weighted by molar-refractivity contribution is 4.60. The second-order valence-electron chi connectivity index (χ2n) is 2.47. The SMILES string of the molecule is CCNC(COCCO)NCC. The third-order valence-corrected chi connectivity index (χ3v) is 1.42. The van der Waals surface area contributed by atoms with E-state index in [1.807, 2.05) is 0 Å². The lowest BCUT2D eigenvalue weighted by Crippen LogP contribution is -2.45. The van der Waals surface area contributed by atoms with Gasteiger partial charge >= 0.3 is 0 Å². The number of hydrogen-bond donors (Lipinski definition) is 3. The monoisotopic (exact) mass is 176 g/mol. The fraction of sp³-hybridized carbons (Fsp3) is 1.00. The quantitative estimate of drug-likeness (QED) is 0.346. The minimum atomic E-state index is 0.0883. The zero-order valence-electron chi connectivity index (χ0n) is 7.97. The molecule has 0 aromatic heterocycles. The van der Waals surface area contributed by atoms with Gasteiger partial charge in [0.25, 0.3) is 0 Å². The molecule has 0 heterocycles. The second kappa shape index (κ2) is 8.93. The molecular weight excluding hydrogens is 156 g/mol. The summed E-state index contributed by atoms with van der Waals surface area (Å²) >= 11 is 0. The van der Waals surface area contributed by atoms with E-state index in [0.717, 1.165) is 13.1 Å². The Hall–Kier alpha value is -0.160. The lowest BCUT2D eigenvalue weighted by atomic mass is 10.5. The summed E-state index contributed by atoms with van der Waals surface area (Å²) in [7, 11) is 0. The van der Waals surface area contributed by atoms with Gasteiger partial charge in [-0.1, -0.05) is 13.8 Å². The van der Waals surface area contributed by atoms with Crippen LogP contribution >= 0.6 is 0 Å². The van der Waals surface area contributed by atoms with Crippen molar-refractivity contribution in [1.82, 2.24) is 10.6 Å². The van der Waals surface area contributed by atoms with Gasteiger partial charge in [0.05, 0.1) is 26.0 Å². The molecule has 0 aliphatic heterocycles. The predicted molar refractivity (Wildman–Crippen MR) is 49.0 cm³/mol. The average Bonchev–Trinajstić information content (AvgIpc) is 2.06. The Bertz CT molecular complexity index is 85.1. The third kappa shape index (κ3) is 6.54. The topological polar surface area (TPSA) is 53.5 Å². The summed E-state index contributed by atoms with van der Waals surface area (Å²) in [5.41, 5.74) is 0. The van der Waals surface area contributed by atoms with Gasteiger partial charge in [-0.3, -0.25) is 0 Å². The lowest BCUT2D eigenvalue weighted by molar-refractivity contribution is 0.0708. The molecule has 12 heavy (non-hydrogen) atoms. The van der Waals surface area contributed by atoms with E-state index in [2.05, 4.69) is 24.5 Å². The maximum absolute atomic E-state index is 8.47. The minimum absolute atomic E-state index is 0.0883. The Morgan fingerprint density at radius 3 is 2.25 bits per heavy atom. The highest BCUT2D eigenvalue weighted by Gasteiger charge is 2.03. The van der Waals surface area contributed by atoms with E-state index in [4.69, 9.17) is 9.84 Å². The van der Waals surface area contributed by atoms with E-state index in [1.165, 1.54) is 0 Å². The molecule has 0 saturated heterocycles. The van der Waals surface area contributed by atoms with E-state index >= 15 is 0 Å². The molecule has 0 saturated carbocycles. The molecule has 0 spiro atoms. The van der Waals surface area contributed by atoms with Crippen LogP contribution in [0.25, 0.3) is 0 Å². The molecule has 3 N–H and O–H groups in total. The second-order valence-corrected chi connectivity index (χ2v) is 2.47. The summed E-state index contributed by atoms with van der Waals surface area (Å²) in [6, 6.07) is 0. The van der Waals surface area contributed by atoms with Gasteiger partial charge in [0, 0.05) is 0 Å². The van der Waals surface area contributed by atoms with E-state index < -0.39 is 0 Å². The van der Waals surface area contributed by atoms with Gasteiger partial charge in [-0.2, -0.15) is 0 Å². The molecule has 0 radical (unpaired) electrons. The summed E-state index contributed by atoms with van der Waals surface area (Å²) < 4.78 is 5.18. The molecule has 0 fully saturated rings. The predicted octanol–water partition coefficient (Wildman–Crippen LogP) is -0.460. The van der Waals surface area contributed by atoms with Gasteiger partial charge in [-0.15, -0.1) is 0 Å². The molecule has 4 nitrogen and oxygen atoms in total. The molecule has 0 aliphatic rings. The third-order valence-electron chi connectivity index (χ3n) is 1.42. The summed E-state index contributed by atoms with van der Waals surface area (Å²) in [5.74, 6) is 0. The van der Waals surface area contributed by atoms with Crippen LogP contribution in [-0.2, 0) is 4.74 Å². The van der Waals surface area contributed by atoms with Crippen molar-refractivity contribution in [2.75, 3.05) is 32.9 Å². The molecule has 0 amide bonds. The van der Waals surface area contributed by atoms with Gasteiger partial charge in [0.15, 0.2) is 0 Å². The fourth-order valence-electron chi connectivity index (χ4n) is 0.949. The highest BCUT2D eigenvalue weighted by atomic mass is 16.5. The van der Waals surface area contributed by atoms with Crippen molar-refractivity contribution in [3.05, 3.63) is 0 Å². The molecule has 0 aromatic rings. The van der Waals surface area contributed by atoms with Crippen LogP contribution in [0, 0.1) is 0 Å². The van der Waals surface area contributed by atoms with Crippen LogP contribution in [0.2, 0.25) is 0 Å². The number of rotatable bonds is 8. The number of aliphatic hydroxyl groups excluding tert-OH is 1. The van der Waals surface area contributed by atoms with Gasteiger partial charge < -0.3 is 20.5 Å². The molecule has 0 rings (SSSR count). The molecule has 0 aliphatic carbocycles. The number of likely N-dealkylation sites (N-methyl/N-ethyl adjacent to an activating group) is 2. The van der Waals surface area contributed by atoms with E-state index in [1.54, 1.807) is 0 Å². The fourth-order valence-corrected chi connectivity index (χ4v) is 0.949. The maximum atomic E-state index is 8.47. The number of nitrogens with one attached hydrogen (secondary N) is 2. The first-order valence-electron chi connectivity index (χ1n) is 4.50. The first-order valence-corrected chi connectivity index (χ1v) is 4.50. The number of hydrogen-bond acceptors (Lipinski definition) is 4. The van der Waals surface area contributed by atoms with Crippen molar-refractivity contribution in [1.29, 1.82) is 0 Å². The van der Waals surface area contributed by atoms with Crippen LogP contribution in [0.1, 0.15) is 13.8 Å². The van der Waals surface area contributed by atoms with E-state index in [-0.39, 0.29) is 12.8 Å². The summed E-state index contributed by atoms with van der Waals surface area (Å²) in [4.78, 5) is 0. The molecule has 0 atom stereocenters. The largest absolute Gasteiger partial charge is 0.394 e. The molecule has 4 heteroatoms. The Morgan fingerprint density at radius 2 is 1.83 bits per heavy atom. The Kier molecular flexibility index (Phi) is 8.81. The Morgan fingerprint density at radius 1 is 1.25 bits per heavy atom. The standard InChI is InChI=1S/C8H20N2O2/c1-3-9-8(10-4-2)7-12-6-5-11/h8-11H,3-7H2,1-2H3. The normalized spacial score (nSPS) is 11.0. The van der Waals surface area contributed by atoms with Crippen molar-refractivity contribution < 1.29 is 9.84 Å².